The summed E-state index contributed by atoms with van der Waals surface area (Å²) in [4.78, 5) is 26.1. The number of carbonyl (C=O) groups excluding carboxylic acids is 2. The lowest BCUT2D eigenvalue weighted by atomic mass is 10.0. The van der Waals surface area contributed by atoms with E-state index < -0.39 is 0 Å². The third kappa shape index (κ3) is 3.32. The van der Waals surface area contributed by atoms with Crippen LogP contribution in [0.25, 0.3) is 0 Å². The number of piperidine rings is 2. The van der Waals surface area contributed by atoms with E-state index in [9.17, 15) is 9.59 Å². The van der Waals surface area contributed by atoms with Crippen LogP contribution < -0.4 is 10.6 Å². The molecule has 1 atom stereocenters. The van der Waals surface area contributed by atoms with E-state index in [0.717, 1.165) is 58.2 Å². The lowest BCUT2D eigenvalue weighted by molar-refractivity contribution is -0.133. The number of carbonyl (C=O) groups is 2. The van der Waals surface area contributed by atoms with Crippen LogP contribution >= 0.6 is 0 Å². The minimum Gasteiger partial charge on any atom is -0.352 e. The second-order valence-electron chi connectivity index (χ2n) is 6.38. The third-order valence-electron chi connectivity index (χ3n) is 4.71. The molecule has 0 radical (unpaired) electrons. The molecule has 0 aromatic rings. The van der Waals surface area contributed by atoms with Gasteiger partial charge >= 0.3 is 0 Å². The Labute approximate surface area is 120 Å². The van der Waals surface area contributed by atoms with Crippen LogP contribution in [0.5, 0.6) is 0 Å². The Kier molecular flexibility index (Phi) is 4.24. The van der Waals surface area contributed by atoms with Crippen molar-refractivity contribution < 1.29 is 9.59 Å². The van der Waals surface area contributed by atoms with Crippen molar-refractivity contribution in [1.82, 2.24) is 15.5 Å². The molecule has 0 aromatic carbocycles. The molecule has 20 heavy (non-hydrogen) atoms. The molecular weight excluding hydrogens is 254 g/mol. The van der Waals surface area contributed by atoms with Crippen molar-refractivity contribution in [2.45, 2.75) is 57.0 Å². The van der Waals surface area contributed by atoms with E-state index in [1.165, 1.54) is 6.42 Å². The molecule has 3 fully saturated rings. The standard InChI is InChI=1S/C15H25N3O2/c19-14(13-3-1-2-8-16-13)17-12-6-9-18(10-7-12)15(20)11-4-5-11/h11-13,16H,1-10H2,(H,17,19)/t13-/m0/s1. The largest absolute Gasteiger partial charge is 0.352 e. The van der Waals surface area contributed by atoms with Gasteiger partial charge in [0.25, 0.3) is 0 Å². The summed E-state index contributed by atoms with van der Waals surface area (Å²) in [6.07, 6.45) is 7.20. The van der Waals surface area contributed by atoms with E-state index in [1.54, 1.807) is 0 Å². The average molecular weight is 279 g/mol. The summed E-state index contributed by atoms with van der Waals surface area (Å²) in [5.74, 6) is 0.799. The Balaban J connectivity index is 1.41. The Morgan fingerprint density at radius 1 is 1.00 bits per heavy atom. The Morgan fingerprint density at radius 2 is 1.75 bits per heavy atom. The minimum absolute atomic E-state index is 0.00474. The molecule has 0 bridgehead atoms. The van der Waals surface area contributed by atoms with Gasteiger partial charge in [0.05, 0.1) is 6.04 Å². The molecule has 0 aromatic heterocycles. The Morgan fingerprint density at radius 3 is 2.35 bits per heavy atom. The third-order valence-corrected chi connectivity index (χ3v) is 4.71. The van der Waals surface area contributed by atoms with E-state index in [4.69, 9.17) is 0 Å². The Hall–Kier alpha value is -1.10. The summed E-state index contributed by atoms with van der Waals surface area (Å²) >= 11 is 0. The van der Waals surface area contributed by atoms with Crippen molar-refractivity contribution in [3.63, 3.8) is 0 Å². The molecule has 2 heterocycles. The van der Waals surface area contributed by atoms with Gasteiger partial charge in [0.1, 0.15) is 0 Å². The molecule has 0 spiro atoms. The van der Waals surface area contributed by atoms with Crippen LogP contribution in [-0.2, 0) is 9.59 Å². The molecule has 112 valence electrons. The smallest absolute Gasteiger partial charge is 0.237 e. The molecule has 0 unspecified atom stereocenters. The van der Waals surface area contributed by atoms with Crippen molar-refractivity contribution in [2.75, 3.05) is 19.6 Å². The van der Waals surface area contributed by atoms with Gasteiger partial charge < -0.3 is 15.5 Å². The zero-order valence-corrected chi connectivity index (χ0v) is 12.1. The number of hydrogen-bond donors (Lipinski definition) is 2. The molecule has 3 aliphatic rings. The lowest BCUT2D eigenvalue weighted by Crippen LogP contribution is -2.52. The second-order valence-corrected chi connectivity index (χ2v) is 6.38. The molecule has 2 amide bonds. The van der Waals surface area contributed by atoms with Crippen molar-refractivity contribution in [3.05, 3.63) is 0 Å². The van der Waals surface area contributed by atoms with Crippen molar-refractivity contribution in [3.8, 4) is 0 Å². The summed E-state index contributed by atoms with van der Waals surface area (Å²) in [6.45, 7) is 2.56. The van der Waals surface area contributed by atoms with Crippen molar-refractivity contribution in [1.29, 1.82) is 0 Å². The van der Waals surface area contributed by atoms with E-state index in [2.05, 4.69) is 10.6 Å². The van der Waals surface area contributed by atoms with Crippen LogP contribution in [0.1, 0.15) is 44.9 Å². The van der Waals surface area contributed by atoms with Gasteiger partial charge in [0.2, 0.25) is 11.8 Å². The summed E-state index contributed by atoms with van der Waals surface area (Å²) in [5.41, 5.74) is 0. The van der Waals surface area contributed by atoms with Crippen LogP contribution in [0.3, 0.4) is 0 Å². The van der Waals surface area contributed by atoms with Gasteiger partial charge in [-0.2, -0.15) is 0 Å². The van der Waals surface area contributed by atoms with Gasteiger partial charge in [0, 0.05) is 25.0 Å². The predicted octanol–water partition coefficient (Wildman–Crippen LogP) is 0.646. The predicted molar refractivity (Wildman–Crippen MR) is 76.1 cm³/mol. The fraction of sp³-hybridized carbons (Fsp3) is 0.867. The first-order valence-corrected chi connectivity index (χ1v) is 8.06. The summed E-state index contributed by atoms with van der Waals surface area (Å²) in [6, 6.07) is 0.240. The van der Waals surface area contributed by atoms with Crippen LogP contribution in [0.4, 0.5) is 0 Å². The van der Waals surface area contributed by atoms with Crippen molar-refractivity contribution >= 4 is 11.8 Å². The first-order chi connectivity index (χ1) is 9.74. The van der Waals surface area contributed by atoms with Crippen LogP contribution in [0.2, 0.25) is 0 Å². The van der Waals surface area contributed by atoms with Gasteiger partial charge in [-0.1, -0.05) is 6.42 Å². The molecule has 2 N–H and O–H groups in total. The van der Waals surface area contributed by atoms with Crippen molar-refractivity contribution in [2.24, 2.45) is 5.92 Å². The molecule has 5 nitrogen and oxygen atoms in total. The topological polar surface area (TPSA) is 61.4 Å². The van der Waals surface area contributed by atoms with Gasteiger partial charge in [-0.05, 0) is 45.1 Å². The highest BCUT2D eigenvalue weighted by molar-refractivity contribution is 5.82. The zero-order valence-electron chi connectivity index (χ0n) is 12.1. The SMILES string of the molecule is O=C(NC1CCN(C(=O)C2CC2)CC1)[C@@H]1CCCCN1. The number of nitrogens with one attached hydrogen (secondary N) is 2. The number of likely N-dealkylation sites (tertiary alicyclic amines) is 1. The molecule has 2 aliphatic heterocycles. The number of amides is 2. The molecule has 1 saturated carbocycles. The number of nitrogens with zero attached hydrogens (tertiary/aromatic N) is 1. The zero-order chi connectivity index (χ0) is 13.9. The molecule has 1 aliphatic carbocycles. The first-order valence-electron chi connectivity index (χ1n) is 8.06. The van der Waals surface area contributed by atoms with Crippen LogP contribution in [-0.4, -0.2) is 48.4 Å². The molecule has 5 heteroatoms. The second kappa shape index (κ2) is 6.12. The van der Waals surface area contributed by atoms with Gasteiger partial charge in [-0.15, -0.1) is 0 Å². The normalized spacial score (nSPS) is 28.2. The van der Waals surface area contributed by atoms with E-state index in [1.807, 2.05) is 4.90 Å². The lowest BCUT2D eigenvalue weighted by Gasteiger charge is -2.33. The summed E-state index contributed by atoms with van der Waals surface area (Å²) in [5, 5.41) is 6.44. The minimum atomic E-state index is -0.00474. The monoisotopic (exact) mass is 279 g/mol. The summed E-state index contributed by atoms with van der Waals surface area (Å²) < 4.78 is 0. The first kappa shape index (κ1) is 13.9. The maximum Gasteiger partial charge on any atom is 0.237 e. The fourth-order valence-corrected chi connectivity index (χ4v) is 3.21. The number of hydrogen-bond acceptors (Lipinski definition) is 3. The number of rotatable bonds is 3. The van der Waals surface area contributed by atoms with Gasteiger partial charge in [0.15, 0.2) is 0 Å². The average Bonchev–Trinajstić information content (AvgIpc) is 3.33. The van der Waals surface area contributed by atoms with E-state index >= 15 is 0 Å². The summed E-state index contributed by atoms with van der Waals surface area (Å²) in [7, 11) is 0. The molecule has 2 saturated heterocycles. The van der Waals surface area contributed by atoms with Crippen LogP contribution in [0.15, 0.2) is 0 Å². The highest BCUT2D eigenvalue weighted by atomic mass is 16.2. The van der Waals surface area contributed by atoms with Crippen LogP contribution in [0, 0.1) is 5.92 Å². The molecular formula is C15H25N3O2. The highest BCUT2D eigenvalue weighted by Gasteiger charge is 2.35. The fourth-order valence-electron chi connectivity index (χ4n) is 3.21. The maximum absolute atomic E-state index is 12.1. The highest BCUT2D eigenvalue weighted by Crippen LogP contribution is 2.31. The van der Waals surface area contributed by atoms with Gasteiger partial charge in [-0.25, -0.2) is 0 Å². The van der Waals surface area contributed by atoms with Gasteiger partial charge in [-0.3, -0.25) is 9.59 Å². The maximum atomic E-state index is 12.1. The Bertz CT molecular complexity index is 367. The van der Waals surface area contributed by atoms with E-state index in [0.29, 0.717) is 11.8 Å². The molecule has 3 rings (SSSR count). The quantitative estimate of drug-likeness (QED) is 0.797. The van der Waals surface area contributed by atoms with E-state index in [-0.39, 0.29) is 18.0 Å².